The van der Waals surface area contributed by atoms with Gasteiger partial charge in [0.25, 0.3) is 0 Å². The van der Waals surface area contributed by atoms with E-state index in [0.717, 1.165) is 18.6 Å². The lowest BCUT2D eigenvalue weighted by Gasteiger charge is -2.12. The third-order valence-electron chi connectivity index (χ3n) is 5.27. The van der Waals surface area contributed by atoms with Gasteiger partial charge in [-0.25, -0.2) is 4.98 Å². The molecule has 0 bridgehead atoms. The Morgan fingerprint density at radius 2 is 1.84 bits per heavy atom. The molecule has 5 rings (SSSR count). The first-order valence-electron chi connectivity index (χ1n) is 9.13. The molecule has 0 spiro atoms. The maximum atomic E-state index is 4.78. The van der Waals surface area contributed by atoms with Crippen LogP contribution < -0.4 is 0 Å². The van der Waals surface area contributed by atoms with Crippen molar-refractivity contribution in [2.24, 2.45) is 0 Å². The van der Waals surface area contributed by atoms with E-state index in [1.165, 1.54) is 53.7 Å². The number of pyridine rings is 1. The lowest BCUT2D eigenvalue weighted by molar-refractivity contribution is 0.342. The summed E-state index contributed by atoms with van der Waals surface area (Å²) in [6.07, 6.45) is 10.1. The SMILES string of the molecule is c1cc2cc(-c3ccc4nc(CCN5CCCC5)cn4c3)ccc2[nH]1. The molecule has 0 saturated carbocycles. The van der Waals surface area contributed by atoms with Crippen LogP contribution in [0.4, 0.5) is 0 Å². The lowest BCUT2D eigenvalue weighted by Crippen LogP contribution is -2.21. The predicted octanol–water partition coefficient (Wildman–Crippen LogP) is 4.12. The van der Waals surface area contributed by atoms with Crippen LogP contribution in [-0.2, 0) is 6.42 Å². The van der Waals surface area contributed by atoms with Gasteiger partial charge in [-0.3, -0.25) is 0 Å². The summed E-state index contributed by atoms with van der Waals surface area (Å²) in [6, 6.07) is 13.0. The van der Waals surface area contributed by atoms with Gasteiger partial charge < -0.3 is 14.3 Å². The van der Waals surface area contributed by atoms with Gasteiger partial charge in [0, 0.05) is 37.1 Å². The molecule has 4 heterocycles. The number of hydrogen-bond acceptors (Lipinski definition) is 2. The molecule has 25 heavy (non-hydrogen) atoms. The highest BCUT2D eigenvalue weighted by Gasteiger charge is 2.12. The van der Waals surface area contributed by atoms with Crippen LogP contribution in [0.2, 0.25) is 0 Å². The normalized spacial score (nSPS) is 15.5. The van der Waals surface area contributed by atoms with Gasteiger partial charge >= 0.3 is 0 Å². The first-order valence-corrected chi connectivity index (χ1v) is 9.13. The smallest absolute Gasteiger partial charge is 0.137 e. The largest absolute Gasteiger partial charge is 0.361 e. The molecule has 3 aromatic heterocycles. The first kappa shape index (κ1) is 14.7. The summed E-state index contributed by atoms with van der Waals surface area (Å²) >= 11 is 0. The molecule has 0 unspecified atom stereocenters. The summed E-state index contributed by atoms with van der Waals surface area (Å²) < 4.78 is 2.16. The maximum Gasteiger partial charge on any atom is 0.137 e. The number of imidazole rings is 1. The van der Waals surface area contributed by atoms with E-state index in [2.05, 4.69) is 63.1 Å². The summed E-state index contributed by atoms with van der Waals surface area (Å²) in [5, 5.41) is 1.24. The maximum absolute atomic E-state index is 4.78. The second-order valence-corrected chi connectivity index (χ2v) is 6.99. The Bertz CT molecular complexity index is 1020. The van der Waals surface area contributed by atoms with Crippen molar-refractivity contribution >= 4 is 16.6 Å². The molecular weight excluding hydrogens is 308 g/mol. The predicted molar refractivity (Wildman–Crippen MR) is 102 cm³/mol. The summed E-state index contributed by atoms with van der Waals surface area (Å²) in [5.41, 5.74) is 5.85. The minimum absolute atomic E-state index is 1.03. The van der Waals surface area contributed by atoms with E-state index >= 15 is 0 Å². The standard InChI is InChI=1S/C21H22N4/c1-2-11-24(10-1)12-8-19-15-25-14-18(4-6-21(25)23-19)16-3-5-20-17(13-16)7-9-22-20/h3-7,9,13-15,22H,1-2,8,10-12H2. The molecular formula is C21H22N4. The number of hydrogen-bond donors (Lipinski definition) is 1. The highest BCUT2D eigenvalue weighted by Crippen LogP contribution is 2.24. The molecule has 1 aromatic carbocycles. The molecule has 1 saturated heterocycles. The van der Waals surface area contributed by atoms with Crippen LogP contribution in [-0.4, -0.2) is 38.9 Å². The lowest BCUT2D eigenvalue weighted by atomic mass is 10.1. The van der Waals surface area contributed by atoms with Gasteiger partial charge in [-0.2, -0.15) is 0 Å². The summed E-state index contributed by atoms with van der Waals surface area (Å²) in [5.74, 6) is 0. The fourth-order valence-electron chi connectivity index (χ4n) is 3.85. The molecule has 1 aliphatic rings. The van der Waals surface area contributed by atoms with Gasteiger partial charge in [0.1, 0.15) is 5.65 Å². The molecule has 126 valence electrons. The van der Waals surface area contributed by atoms with Gasteiger partial charge in [-0.1, -0.05) is 6.07 Å². The van der Waals surface area contributed by atoms with Crippen LogP contribution in [0.3, 0.4) is 0 Å². The number of aromatic amines is 1. The first-order chi connectivity index (χ1) is 12.3. The number of benzene rings is 1. The van der Waals surface area contributed by atoms with E-state index in [1.807, 2.05) is 6.20 Å². The van der Waals surface area contributed by atoms with Crippen LogP contribution in [0.5, 0.6) is 0 Å². The van der Waals surface area contributed by atoms with Gasteiger partial charge in [0.05, 0.1) is 5.69 Å². The van der Waals surface area contributed by atoms with Gasteiger partial charge in [-0.05, 0) is 72.8 Å². The molecule has 4 aromatic rings. The quantitative estimate of drug-likeness (QED) is 0.611. The van der Waals surface area contributed by atoms with Crippen molar-refractivity contribution in [3.05, 3.63) is 60.7 Å². The van der Waals surface area contributed by atoms with Crippen LogP contribution in [0.25, 0.3) is 27.7 Å². The average Bonchev–Trinajstić information content (AvgIpc) is 3.37. The highest BCUT2D eigenvalue weighted by atomic mass is 15.1. The molecule has 0 aliphatic carbocycles. The van der Waals surface area contributed by atoms with E-state index in [0.29, 0.717) is 0 Å². The van der Waals surface area contributed by atoms with Crippen LogP contribution in [0, 0.1) is 0 Å². The summed E-state index contributed by atoms with van der Waals surface area (Å²) in [4.78, 5) is 10.6. The van der Waals surface area contributed by atoms with Crippen molar-refractivity contribution in [2.75, 3.05) is 19.6 Å². The van der Waals surface area contributed by atoms with E-state index < -0.39 is 0 Å². The van der Waals surface area contributed by atoms with Crippen molar-refractivity contribution in [3.8, 4) is 11.1 Å². The molecule has 1 fully saturated rings. The fourth-order valence-corrected chi connectivity index (χ4v) is 3.85. The van der Waals surface area contributed by atoms with E-state index in [4.69, 9.17) is 4.98 Å². The topological polar surface area (TPSA) is 36.3 Å². The van der Waals surface area contributed by atoms with Crippen LogP contribution in [0.15, 0.2) is 55.0 Å². The zero-order valence-electron chi connectivity index (χ0n) is 14.3. The number of aromatic nitrogens is 3. The Morgan fingerprint density at radius 3 is 2.76 bits per heavy atom. The summed E-state index contributed by atoms with van der Waals surface area (Å²) in [6.45, 7) is 3.62. The van der Waals surface area contributed by atoms with Crippen molar-refractivity contribution in [2.45, 2.75) is 19.3 Å². The Kier molecular flexibility index (Phi) is 3.56. The van der Waals surface area contributed by atoms with Crippen LogP contribution >= 0.6 is 0 Å². The molecule has 1 aliphatic heterocycles. The van der Waals surface area contributed by atoms with Crippen LogP contribution in [0.1, 0.15) is 18.5 Å². The number of rotatable bonds is 4. The van der Waals surface area contributed by atoms with Gasteiger partial charge in [0.15, 0.2) is 0 Å². The third-order valence-corrected chi connectivity index (χ3v) is 5.27. The van der Waals surface area contributed by atoms with Crippen molar-refractivity contribution in [1.29, 1.82) is 0 Å². The zero-order chi connectivity index (χ0) is 16.6. The Balaban J connectivity index is 1.42. The Labute approximate surface area is 147 Å². The summed E-state index contributed by atoms with van der Waals surface area (Å²) in [7, 11) is 0. The molecule has 1 N–H and O–H groups in total. The Hall–Kier alpha value is -2.59. The monoisotopic (exact) mass is 330 g/mol. The van der Waals surface area contributed by atoms with E-state index in [-0.39, 0.29) is 0 Å². The number of likely N-dealkylation sites (tertiary alicyclic amines) is 1. The molecule has 0 atom stereocenters. The zero-order valence-corrected chi connectivity index (χ0v) is 14.3. The molecule has 0 radical (unpaired) electrons. The van der Waals surface area contributed by atoms with Crippen molar-refractivity contribution in [1.82, 2.24) is 19.3 Å². The highest BCUT2D eigenvalue weighted by molar-refractivity contribution is 5.85. The molecule has 4 heteroatoms. The van der Waals surface area contributed by atoms with Crippen molar-refractivity contribution in [3.63, 3.8) is 0 Å². The fraction of sp³-hybridized carbons (Fsp3) is 0.286. The second-order valence-electron chi connectivity index (χ2n) is 6.99. The van der Waals surface area contributed by atoms with Gasteiger partial charge in [0.2, 0.25) is 0 Å². The average molecular weight is 330 g/mol. The number of fused-ring (bicyclic) bond motifs is 2. The second kappa shape index (κ2) is 6.05. The van der Waals surface area contributed by atoms with Crippen molar-refractivity contribution < 1.29 is 0 Å². The van der Waals surface area contributed by atoms with E-state index in [9.17, 15) is 0 Å². The number of H-pyrrole nitrogens is 1. The number of nitrogens with zero attached hydrogens (tertiary/aromatic N) is 3. The Morgan fingerprint density at radius 1 is 0.960 bits per heavy atom. The minimum Gasteiger partial charge on any atom is -0.361 e. The van der Waals surface area contributed by atoms with Gasteiger partial charge in [-0.15, -0.1) is 0 Å². The molecule has 0 amide bonds. The van der Waals surface area contributed by atoms with E-state index in [1.54, 1.807) is 0 Å². The third kappa shape index (κ3) is 2.83. The number of nitrogens with one attached hydrogen (secondary N) is 1. The minimum atomic E-state index is 1.03. The molecule has 4 nitrogen and oxygen atoms in total.